The van der Waals surface area contributed by atoms with Gasteiger partial charge in [-0.3, -0.25) is 9.78 Å². The van der Waals surface area contributed by atoms with Crippen LogP contribution in [0.5, 0.6) is 0 Å². The van der Waals surface area contributed by atoms with Crippen LogP contribution in [0, 0.1) is 12.3 Å². The van der Waals surface area contributed by atoms with Gasteiger partial charge < -0.3 is 10.3 Å². The molecule has 0 atom stereocenters. The number of fused-ring (bicyclic) bond motifs is 1. The molecule has 0 bridgehead atoms. The fourth-order valence-corrected chi connectivity index (χ4v) is 2.93. The lowest BCUT2D eigenvalue weighted by Crippen LogP contribution is -2.03. The molecule has 2 N–H and O–H groups in total. The monoisotopic (exact) mass is 311 g/mol. The van der Waals surface area contributed by atoms with Gasteiger partial charge in [0.2, 0.25) is 0 Å². The van der Waals surface area contributed by atoms with Crippen LogP contribution in [0.15, 0.2) is 55.0 Å². The number of nitrogens with zero attached hydrogens (tertiary/aromatic N) is 1. The zero-order valence-corrected chi connectivity index (χ0v) is 12.7. The molecule has 4 heteroatoms. The summed E-state index contributed by atoms with van der Waals surface area (Å²) in [7, 11) is 0. The lowest BCUT2D eigenvalue weighted by atomic mass is 9.92. The average Bonchev–Trinajstić information content (AvgIpc) is 3.23. The fourth-order valence-electron chi connectivity index (χ4n) is 2.93. The Morgan fingerprint density at radius 3 is 2.79 bits per heavy atom. The van der Waals surface area contributed by atoms with Crippen molar-refractivity contribution in [1.82, 2.24) is 9.97 Å². The van der Waals surface area contributed by atoms with Crippen LogP contribution in [-0.4, -0.2) is 15.9 Å². The highest BCUT2D eigenvalue weighted by molar-refractivity contribution is 6.35. The predicted octanol–water partition coefficient (Wildman–Crippen LogP) is 3.55. The maximum absolute atomic E-state index is 12.4. The van der Waals surface area contributed by atoms with Crippen LogP contribution in [0.3, 0.4) is 0 Å². The number of anilines is 1. The van der Waals surface area contributed by atoms with E-state index in [0.29, 0.717) is 11.1 Å². The number of aromatic nitrogens is 2. The molecule has 0 spiro atoms. The largest absolute Gasteiger partial charge is 0.362 e. The number of hydrogen-bond acceptors (Lipinski definition) is 2. The second-order valence-electron chi connectivity index (χ2n) is 5.43. The summed E-state index contributed by atoms with van der Waals surface area (Å²) in [6.45, 7) is 0. The highest BCUT2D eigenvalue weighted by atomic mass is 16.2. The zero-order chi connectivity index (χ0) is 16.5. The van der Waals surface area contributed by atoms with Gasteiger partial charge in [-0.2, -0.15) is 0 Å². The highest BCUT2D eigenvalue weighted by Gasteiger charge is 2.28. The van der Waals surface area contributed by atoms with E-state index >= 15 is 0 Å². The SMILES string of the molecule is C#Cc1c(-c2cccnc2)ccc2c1C(=Cc1ccc[nH]1)C(=O)N2. The quantitative estimate of drug-likeness (QED) is 0.562. The molecule has 3 heterocycles. The molecule has 0 radical (unpaired) electrons. The molecular formula is C20H13N3O. The van der Waals surface area contributed by atoms with E-state index in [-0.39, 0.29) is 5.91 Å². The highest BCUT2D eigenvalue weighted by Crippen LogP contribution is 2.39. The van der Waals surface area contributed by atoms with Crippen LogP contribution in [0.1, 0.15) is 16.8 Å². The third kappa shape index (κ3) is 2.20. The molecular weight excluding hydrogens is 298 g/mol. The van der Waals surface area contributed by atoms with Crippen LogP contribution >= 0.6 is 0 Å². The van der Waals surface area contributed by atoms with Crippen molar-refractivity contribution < 1.29 is 4.79 Å². The molecule has 0 unspecified atom stereocenters. The van der Waals surface area contributed by atoms with Gasteiger partial charge in [-0.05, 0) is 35.9 Å². The molecule has 4 nitrogen and oxygen atoms in total. The normalized spacial score (nSPS) is 14.3. The summed E-state index contributed by atoms with van der Waals surface area (Å²) in [5.41, 5.74) is 5.41. The van der Waals surface area contributed by atoms with Crippen LogP contribution in [0.25, 0.3) is 22.8 Å². The maximum Gasteiger partial charge on any atom is 0.256 e. The third-order valence-electron chi connectivity index (χ3n) is 4.01. The molecule has 24 heavy (non-hydrogen) atoms. The molecule has 0 aliphatic carbocycles. The number of hydrogen-bond donors (Lipinski definition) is 2. The molecule has 4 rings (SSSR count). The maximum atomic E-state index is 12.4. The number of terminal acetylenes is 1. The number of nitrogens with one attached hydrogen (secondary N) is 2. The molecule has 0 saturated heterocycles. The van der Waals surface area contributed by atoms with Crippen molar-refractivity contribution in [3.63, 3.8) is 0 Å². The number of rotatable bonds is 2. The van der Waals surface area contributed by atoms with E-state index < -0.39 is 0 Å². The van der Waals surface area contributed by atoms with Crippen molar-refractivity contribution in [1.29, 1.82) is 0 Å². The Bertz CT molecular complexity index is 993. The molecule has 1 aliphatic heterocycles. The molecule has 1 aliphatic rings. The summed E-state index contributed by atoms with van der Waals surface area (Å²) in [5, 5.41) is 2.88. The number of carbonyl (C=O) groups is 1. The smallest absolute Gasteiger partial charge is 0.256 e. The van der Waals surface area contributed by atoms with Gasteiger partial charge in [0.15, 0.2) is 0 Å². The molecule has 1 aromatic carbocycles. The molecule has 0 saturated carbocycles. The Balaban J connectivity index is 1.95. The molecule has 114 valence electrons. The van der Waals surface area contributed by atoms with Gasteiger partial charge in [0.05, 0.1) is 11.3 Å². The predicted molar refractivity (Wildman–Crippen MR) is 94.9 cm³/mol. The number of carbonyl (C=O) groups excluding carboxylic acids is 1. The summed E-state index contributed by atoms with van der Waals surface area (Å²) in [5.74, 6) is 2.60. The van der Waals surface area contributed by atoms with E-state index in [1.807, 2.05) is 48.7 Å². The van der Waals surface area contributed by atoms with E-state index in [1.165, 1.54) is 0 Å². The van der Waals surface area contributed by atoms with Crippen molar-refractivity contribution >= 4 is 23.2 Å². The van der Waals surface area contributed by atoms with Gasteiger partial charge >= 0.3 is 0 Å². The Labute approximate surface area is 139 Å². The first kappa shape index (κ1) is 14.0. The van der Waals surface area contributed by atoms with E-state index in [0.717, 1.165) is 28.1 Å². The molecule has 1 amide bonds. The standard InChI is InChI=1S/C20H13N3O/c1-2-15-16(13-5-3-9-21-12-13)7-8-18-19(15)17(20(24)23-18)11-14-6-4-10-22-14/h1,3-12,22H,(H,23,24). The minimum Gasteiger partial charge on any atom is -0.362 e. The first-order valence-electron chi connectivity index (χ1n) is 7.49. The lowest BCUT2D eigenvalue weighted by Gasteiger charge is -2.10. The first-order chi connectivity index (χ1) is 11.8. The van der Waals surface area contributed by atoms with E-state index in [2.05, 4.69) is 21.2 Å². The average molecular weight is 311 g/mol. The van der Waals surface area contributed by atoms with Crippen molar-refractivity contribution in [3.05, 3.63) is 71.8 Å². The summed E-state index contributed by atoms with van der Waals surface area (Å²) in [6, 6.07) is 11.4. The summed E-state index contributed by atoms with van der Waals surface area (Å²) >= 11 is 0. The molecule has 0 fully saturated rings. The summed E-state index contributed by atoms with van der Waals surface area (Å²) < 4.78 is 0. The minimum absolute atomic E-state index is 0.153. The Morgan fingerprint density at radius 2 is 2.08 bits per heavy atom. The second-order valence-corrected chi connectivity index (χ2v) is 5.43. The van der Waals surface area contributed by atoms with Crippen LogP contribution < -0.4 is 5.32 Å². The van der Waals surface area contributed by atoms with Gasteiger partial charge in [-0.25, -0.2) is 0 Å². The Morgan fingerprint density at radius 1 is 1.17 bits per heavy atom. The minimum atomic E-state index is -0.153. The zero-order valence-electron chi connectivity index (χ0n) is 12.7. The van der Waals surface area contributed by atoms with Crippen molar-refractivity contribution in [2.75, 3.05) is 5.32 Å². The topological polar surface area (TPSA) is 57.8 Å². The van der Waals surface area contributed by atoms with Gasteiger partial charge in [-0.1, -0.05) is 18.1 Å². The molecule has 2 aromatic heterocycles. The number of pyridine rings is 1. The molecule has 3 aromatic rings. The third-order valence-corrected chi connectivity index (χ3v) is 4.01. The Kier molecular flexibility index (Phi) is 3.25. The van der Waals surface area contributed by atoms with Gasteiger partial charge in [-0.15, -0.1) is 6.42 Å². The Hall–Kier alpha value is -3.58. The van der Waals surface area contributed by atoms with Crippen LogP contribution in [-0.2, 0) is 4.79 Å². The summed E-state index contributed by atoms with van der Waals surface area (Å²) in [4.78, 5) is 19.6. The van der Waals surface area contributed by atoms with E-state index in [4.69, 9.17) is 6.42 Å². The number of aromatic amines is 1. The number of amides is 1. The van der Waals surface area contributed by atoms with Crippen molar-refractivity contribution in [3.8, 4) is 23.5 Å². The van der Waals surface area contributed by atoms with E-state index in [9.17, 15) is 4.79 Å². The lowest BCUT2D eigenvalue weighted by molar-refractivity contribution is -0.110. The summed E-state index contributed by atoms with van der Waals surface area (Å²) in [6.07, 6.45) is 12.9. The number of benzene rings is 1. The van der Waals surface area contributed by atoms with E-state index in [1.54, 1.807) is 12.4 Å². The van der Waals surface area contributed by atoms with Crippen LogP contribution in [0.4, 0.5) is 5.69 Å². The van der Waals surface area contributed by atoms with Gasteiger partial charge in [0, 0.05) is 41.0 Å². The van der Waals surface area contributed by atoms with Gasteiger partial charge in [0.25, 0.3) is 5.91 Å². The van der Waals surface area contributed by atoms with Crippen molar-refractivity contribution in [2.24, 2.45) is 0 Å². The first-order valence-corrected chi connectivity index (χ1v) is 7.49. The number of H-pyrrole nitrogens is 1. The van der Waals surface area contributed by atoms with Crippen molar-refractivity contribution in [2.45, 2.75) is 0 Å². The fraction of sp³-hybridized carbons (Fsp3) is 0. The second kappa shape index (κ2) is 5.56. The van der Waals surface area contributed by atoms with Gasteiger partial charge in [0.1, 0.15) is 0 Å². The van der Waals surface area contributed by atoms with Crippen LogP contribution in [0.2, 0.25) is 0 Å².